The van der Waals surface area contributed by atoms with Gasteiger partial charge in [0.2, 0.25) is 5.91 Å². The van der Waals surface area contributed by atoms with Crippen molar-refractivity contribution in [3.05, 3.63) is 74.7 Å². The van der Waals surface area contributed by atoms with Crippen molar-refractivity contribution in [2.24, 2.45) is 0 Å². The lowest BCUT2D eigenvalue weighted by molar-refractivity contribution is -0.142. The molecule has 2 amide bonds. The minimum Gasteiger partial charge on any atom is -0.483 e. The van der Waals surface area contributed by atoms with E-state index in [0.29, 0.717) is 27.8 Å². The number of amides is 2. The van der Waals surface area contributed by atoms with E-state index in [9.17, 15) is 9.59 Å². The maximum atomic E-state index is 13.3. The lowest BCUT2D eigenvalue weighted by Crippen LogP contribution is -2.49. The Balaban J connectivity index is 1.86. The maximum absolute atomic E-state index is 13.3. The third-order valence-corrected chi connectivity index (χ3v) is 6.73. The molecular formula is C24H23BrCl2N2O3. The number of likely N-dealkylation sites (N-methyl/N-ethyl adjacent to an activating group) is 1. The van der Waals surface area contributed by atoms with Crippen LogP contribution in [-0.4, -0.2) is 36.4 Å². The number of fused-ring (bicyclic) bond motifs is 1. The number of rotatable bonds is 8. The Labute approximate surface area is 205 Å². The number of benzene rings is 3. The summed E-state index contributed by atoms with van der Waals surface area (Å²) in [6.45, 7) is 1.69. The smallest absolute Gasteiger partial charge is 0.261 e. The standard InChI is InChI=1S/C24H23BrCl2N2O3/c1-3-20(24(31)28-2)29(13-17-18(26)9-6-10-19(17)27)22(30)14-32-21-12-11-15-7-4-5-8-16(15)23(21)25/h4-12,20H,3,13-14H2,1-2H3,(H,28,31)/t20-/m1/s1. The number of hydrogen-bond donors (Lipinski definition) is 1. The van der Waals surface area contributed by atoms with Gasteiger partial charge in [0, 0.05) is 29.2 Å². The van der Waals surface area contributed by atoms with E-state index in [1.165, 1.54) is 4.90 Å². The molecule has 0 aromatic heterocycles. The monoisotopic (exact) mass is 536 g/mol. The molecule has 0 saturated heterocycles. The van der Waals surface area contributed by atoms with Crippen LogP contribution in [0.2, 0.25) is 10.0 Å². The normalized spacial score (nSPS) is 11.8. The van der Waals surface area contributed by atoms with E-state index < -0.39 is 6.04 Å². The highest BCUT2D eigenvalue weighted by Crippen LogP contribution is 2.33. The van der Waals surface area contributed by atoms with E-state index in [-0.39, 0.29) is 25.0 Å². The molecular weight excluding hydrogens is 515 g/mol. The summed E-state index contributed by atoms with van der Waals surface area (Å²) in [5.41, 5.74) is 0.582. The van der Waals surface area contributed by atoms with E-state index in [1.807, 2.05) is 43.3 Å². The van der Waals surface area contributed by atoms with Gasteiger partial charge in [0.25, 0.3) is 5.91 Å². The van der Waals surface area contributed by atoms with Crippen molar-refractivity contribution in [3.63, 3.8) is 0 Å². The van der Waals surface area contributed by atoms with Crippen molar-refractivity contribution >= 4 is 61.7 Å². The quantitative estimate of drug-likeness (QED) is 0.392. The first-order chi connectivity index (χ1) is 15.4. The van der Waals surface area contributed by atoms with E-state index in [2.05, 4.69) is 21.2 Å². The molecule has 0 saturated carbocycles. The van der Waals surface area contributed by atoms with Gasteiger partial charge in [-0.25, -0.2) is 0 Å². The van der Waals surface area contributed by atoms with Crippen LogP contribution in [-0.2, 0) is 16.1 Å². The Bertz CT molecular complexity index is 1120. The molecule has 0 spiro atoms. The molecule has 32 heavy (non-hydrogen) atoms. The van der Waals surface area contributed by atoms with Gasteiger partial charge < -0.3 is 15.0 Å². The van der Waals surface area contributed by atoms with E-state index in [0.717, 1.165) is 15.2 Å². The maximum Gasteiger partial charge on any atom is 0.261 e. The molecule has 3 aromatic rings. The molecule has 3 aromatic carbocycles. The fourth-order valence-corrected chi connectivity index (χ4v) is 4.61. The highest BCUT2D eigenvalue weighted by molar-refractivity contribution is 9.10. The number of nitrogens with zero attached hydrogens (tertiary/aromatic N) is 1. The first-order valence-electron chi connectivity index (χ1n) is 10.1. The number of carbonyl (C=O) groups is 2. The van der Waals surface area contributed by atoms with Gasteiger partial charge in [0.15, 0.2) is 6.61 Å². The Morgan fingerprint density at radius 1 is 1.06 bits per heavy atom. The number of hydrogen-bond acceptors (Lipinski definition) is 3. The summed E-state index contributed by atoms with van der Waals surface area (Å²) >= 11 is 16.2. The number of halogens is 3. The lowest BCUT2D eigenvalue weighted by Gasteiger charge is -2.30. The van der Waals surface area contributed by atoms with Crippen LogP contribution in [0.15, 0.2) is 59.1 Å². The molecule has 0 aliphatic heterocycles. The minimum absolute atomic E-state index is 0.0888. The predicted molar refractivity (Wildman–Crippen MR) is 132 cm³/mol. The van der Waals surface area contributed by atoms with Gasteiger partial charge in [-0.15, -0.1) is 0 Å². The van der Waals surface area contributed by atoms with Gasteiger partial charge in [-0.1, -0.05) is 66.5 Å². The van der Waals surface area contributed by atoms with E-state index >= 15 is 0 Å². The van der Waals surface area contributed by atoms with Crippen molar-refractivity contribution in [2.75, 3.05) is 13.7 Å². The third-order valence-electron chi connectivity index (χ3n) is 5.20. The highest BCUT2D eigenvalue weighted by Gasteiger charge is 2.29. The van der Waals surface area contributed by atoms with Crippen LogP contribution in [0.5, 0.6) is 5.75 Å². The van der Waals surface area contributed by atoms with Crippen LogP contribution in [0.1, 0.15) is 18.9 Å². The van der Waals surface area contributed by atoms with Crippen LogP contribution in [0.4, 0.5) is 0 Å². The van der Waals surface area contributed by atoms with Crippen LogP contribution < -0.4 is 10.1 Å². The Hall–Kier alpha value is -2.28. The van der Waals surface area contributed by atoms with Crippen molar-refractivity contribution in [3.8, 4) is 5.75 Å². The molecule has 1 N–H and O–H groups in total. The molecule has 0 heterocycles. The Kier molecular flexibility index (Phi) is 8.40. The summed E-state index contributed by atoms with van der Waals surface area (Å²) in [7, 11) is 1.54. The van der Waals surface area contributed by atoms with Crippen molar-refractivity contribution < 1.29 is 14.3 Å². The first-order valence-corrected chi connectivity index (χ1v) is 11.7. The van der Waals surface area contributed by atoms with E-state index in [4.69, 9.17) is 27.9 Å². The topological polar surface area (TPSA) is 58.6 Å². The zero-order valence-corrected chi connectivity index (χ0v) is 20.8. The zero-order valence-electron chi connectivity index (χ0n) is 17.7. The summed E-state index contributed by atoms with van der Waals surface area (Å²) in [5.74, 6) is -0.0758. The molecule has 3 rings (SSSR count). The SMILES string of the molecule is CC[C@H](C(=O)NC)N(Cc1c(Cl)cccc1Cl)C(=O)COc1ccc2ccccc2c1Br. The van der Waals surface area contributed by atoms with Crippen LogP contribution in [0.25, 0.3) is 10.8 Å². The second-order valence-electron chi connectivity index (χ2n) is 7.15. The predicted octanol–water partition coefficient (Wildman–Crippen LogP) is 5.84. The minimum atomic E-state index is -0.691. The second-order valence-corrected chi connectivity index (χ2v) is 8.76. The average molecular weight is 538 g/mol. The molecule has 0 bridgehead atoms. The molecule has 168 valence electrons. The van der Waals surface area contributed by atoms with Gasteiger partial charge in [-0.2, -0.15) is 0 Å². The molecule has 0 fully saturated rings. The molecule has 8 heteroatoms. The highest BCUT2D eigenvalue weighted by atomic mass is 79.9. The fraction of sp³-hybridized carbons (Fsp3) is 0.250. The molecule has 5 nitrogen and oxygen atoms in total. The Morgan fingerprint density at radius 3 is 2.41 bits per heavy atom. The fourth-order valence-electron chi connectivity index (χ4n) is 3.49. The number of carbonyl (C=O) groups excluding carboxylic acids is 2. The molecule has 0 radical (unpaired) electrons. The van der Waals surface area contributed by atoms with Gasteiger partial charge in [-0.05, 0) is 51.3 Å². The van der Waals surface area contributed by atoms with Gasteiger partial charge >= 0.3 is 0 Å². The first kappa shape index (κ1) is 24.4. The summed E-state index contributed by atoms with van der Waals surface area (Å²) in [6.07, 6.45) is 0.424. The summed E-state index contributed by atoms with van der Waals surface area (Å²) in [5, 5.41) is 5.52. The second kappa shape index (κ2) is 11.0. The molecule has 1 atom stereocenters. The van der Waals surface area contributed by atoms with Crippen molar-refractivity contribution in [2.45, 2.75) is 25.9 Å². The van der Waals surface area contributed by atoms with Crippen molar-refractivity contribution in [1.29, 1.82) is 0 Å². The lowest BCUT2D eigenvalue weighted by atomic mass is 10.1. The number of ether oxygens (including phenoxy) is 1. The summed E-state index contributed by atoms with van der Waals surface area (Å²) < 4.78 is 6.62. The Morgan fingerprint density at radius 2 is 1.75 bits per heavy atom. The van der Waals surface area contributed by atoms with Gasteiger partial charge in [0.1, 0.15) is 11.8 Å². The zero-order chi connectivity index (χ0) is 23.3. The van der Waals surface area contributed by atoms with Gasteiger partial charge in [0.05, 0.1) is 4.47 Å². The molecule has 0 aliphatic rings. The largest absolute Gasteiger partial charge is 0.483 e. The van der Waals surface area contributed by atoms with Gasteiger partial charge in [-0.3, -0.25) is 9.59 Å². The van der Waals surface area contributed by atoms with Crippen LogP contribution in [0, 0.1) is 0 Å². The average Bonchev–Trinajstić information content (AvgIpc) is 2.80. The van der Waals surface area contributed by atoms with Crippen LogP contribution >= 0.6 is 39.1 Å². The third kappa shape index (κ3) is 5.37. The molecule has 0 aliphatic carbocycles. The summed E-state index contributed by atoms with van der Waals surface area (Å²) in [4.78, 5) is 27.2. The van der Waals surface area contributed by atoms with Crippen LogP contribution in [0.3, 0.4) is 0 Å². The van der Waals surface area contributed by atoms with Crippen molar-refractivity contribution in [1.82, 2.24) is 10.2 Å². The number of nitrogens with one attached hydrogen (secondary N) is 1. The molecule has 0 unspecified atom stereocenters. The summed E-state index contributed by atoms with van der Waals surface area (Å²) in [6, 6.07) is 16.1. The van der Waals surface area contributed by atoms with E-state index in [1.54, 1.807) is 25.2 Å².